The zero-order valence-corrected chi connectivity index (χ0v) is 10.7. The number of ether oxygens (including phenoxy) is 1. The molecule has 18 heavy (non-hydrogen) atoms. The van der Waals surface area contributed by atoms with Crippen LogP contribution in [-0.2, 0) is 11.2 Å². The third-order valence-electron chi connectivity index (χ3n) is 2.46. The fraction of sp³-hybridized carbons (Fsp3) is 0.231. The number of hydrogen-bond donors (Lipinski definition) is 1. The van der Waals surface area contributed by atoms with Crippen molar-refractivity contribution in [3.05, 3.63) is 35.5 Å². The lowest BCUT2D eigenvalue weighted by molar-refractivity contribution is -0.136. The third kappa shape index (κ3) is 3.07. The first kappa shape index (κ1) is 12.6. The number of carboxylic acid groups (broad SMARTS) is 1. The van der Waals surface area contributed by atoms with Crippen LogP contribution >= 0.6 is 11.3 Å². The van der Waals surface area contributed by atoms with Crippen molar-refractivity contribution in [2.45, 2.75) is 12.8 Å². The van der Waals surface area contributed by atoms with Gasteiger partial charge in [-0.15, -0.1) is 11.3 Å². The van der Waals surface area contributed by atoms with Crippen molar-refractivity contribution in [2.24, 2.45) is 0 Å². The quantitative estimate of drug-likeness (QED) is 0.901. The van der Waals surface area contributed by atoms with Crippen molar-refractivity contribution in [1.29, 1.82) is 0 Å². The van der Waals surface area contributed by atoms with Gasteiger partial charge in [-0.25, -0.2) is 4.98 Å². The summed E-state index contributed by atoms with van der Waals surface area (Å²) in [7, 11) is 1.63. The van der Waals surface area contributed by atoms with Crippen LogP contribution in [-0.4, -0.2) is 23.2 Å². The molecule has 0 unspecified atom stereocenters. The number of hydrogen-bond acceptors (Lipinski definition) is 4. The Balaban J connectivity index is 2.15. The summed E-state index contributed by atoms with van der Waals surface area (Å²) in [6.07, 6.45) is 2.37. The number of rotatable bonds is 5. The Labute approximate surface area is 109 Å². The normalized spacial score (nSPS) is 10.3. The van der Waals surface area contributed by atoms with Crippen LogP contribution in [0.4, 0.5) is 0 Å². The van der Waals surface area contributed by atoms with Gasteiger partial charge in [-0.1, -0.05) is 12.1 Å². The molecule has 2 rings (SSSR count). The van der Waals surface area contributed by atoms with E-state index in [2.05, 4.69) is 4.98 Å². The summed E-state index contributed by atoms with van der Waals surface area (Å²) in [5.41, 5.74) is 1.04. The first-order chi connectivity index (χ1) is 8.69. The van der Waals surface area contributed by atoms with E-state index in [0.29, 0.717) is 6.42 Å². The highest BCUT2D eigenvalue weighted by Gasteiger charge is 2.07. The summed E-state index contributed by atoms with van der Waals surface area (Å²) in [5, 5.41) is 9.47. The van der Waals surface area contributed by atoms with Gasteiger partial charge in [0.2, 0.25) is 0 Å². The van der Waals surface area contributed by atoms with Gasteiger partial charge in [0.25, 0.3) is 0 Å². The Kier molecular flexibility index (Phi) is 3.94. The topological polar surface area (TPSA) is 59.4 Å². The molecule has 2 aromatic rings. The Bertz CT molecular complexity index is 551. The molecule has 1 heterocycles. The number of carboxylic acids is 1. The molecular formula is C13H13NO3S. The molecule has 0 atom stereocenters. The predicted octanol–water partition coefficient (Wildman–Crippen LogP) is 2.84. The van der Waals surface area contributed by atoms with Crippen LogP contribution in [0.15, 0.2) is 30.5 Å². The fourth-order valence-corrected chi connectivity index (χ4v) is 2.46. The first-order valence-corrected chi connectivity index (χ1v) is 6.31. The zero-order valence-electron chi connectivity index (χ0n) is 9.92. The predicted molar refractivity (Wildman–Crippen MR) is 70.1 cm³/mol. The summed E-state index contributed by atoms with van der Waals surface area (Å²) in [6, 6.07) is 7.73. The number of carbonyl (C=O) groups is 1. The number of methoxy groups -OCH3 is 1. The largest absolute Gasteiger partial charge is 0.497 e. The fourth-order valence-electron chi connectivity index (χ4n) is 1.55. The molecule has 1 N–H and O–H groups in total. The van der Waals surface area contributed by atoms with E-state index in [4.69, 9.17) is 9.84 Å². The molecule has 0 saturated carbocycles. The smallest absolute Gasteiger partial charge is 0.303 e. The van der Waals surface area contributed by atoms with E-state index in [-0.39, 0.29) is 6.42 Å². The van der Waals surface area contributed by atoms with Crippen LogP contribution in [0.1, 0.15) is 11.4 Å². The molecule has 0 fully saturated rings. The molecule has 0 amide bonds. The van der Waals surface area contributed by atoms with Gasteiger partial charge in [-0.2, -0.15) is 0 Å². The van der Waals surface area contributed by atoms with E-state index >= 15 is 0 Å². The molecule has 4 nitrogen and oxygen atoms in total. The van der Waals surface area contributed by atoms with Gasteiger partial charge < -0.3 is 9.84 Å². The van der Waals surface area contributed by atoms with Crippen LogP contribution in [0.25, 0.3) is 10.4 Å². The Morgan fingerprint density at radius 3 is 3.06 bits per heavy atom. The number of benzene rings is 1. The maximum atomic E-state index is 10.5. The highest BCUT2D eigenvalue weighted by atomic mass is 32.1. The van der Waals surface area contributed by atoms with Crippen LogP contribution in [0, 0.1) is 0 Å². The van der Waals surface area contributed by atoms with Crippen LogP contribution in [0.2, 0.25) is 0 Å². The molecule has 1 aromatic carbocycles. The van der Waals surface area contributed by atoms with Crippen LogP contribution < -0.4 is 4.74 Å². The Hall–Kier alpha value is -1.88. The van der Waals surface area contributed by atoms with E-state index < -0.39 is 5.97 Å². The summed E-state index contributed by atoms with van der Waals surface area (Å²) < 4.78 is 5.17. The van der Waals surface area contributed by atoms with Crippen molar-refractivity contribution < 1.29 is 14.6 Å². The van der Waals surface area contributed by atoms with E-state index in [1.54, 1.807) is 13.3 Å². The molecule has 0 saturated heterocycles. The van der Waals surface area contributed by atoms with Gasteiger partial charge in [0.15, 0.2) is 0 Å². The minimum absolute atomic E-state index is 0.116. The molecule has 5 heteroatoms. The molecule has 1 aromatic heterocycles. The van der Waals surface area contributed by atoms with Gasteiger partial charge in [0.1, 0.15) is 5.75 Å². The monoisotopic (exact) mass is 263 g/mol. The average Bonchev–Trinajstić information content (AvgIpc) is 2.85. The van der Waals surface area contributed by atoms with Crippen LogP contribution in [0.3, 0.4) is 0 Å². The Morgan fingerprint density at radius 2 is 2.33 bits per heavy atom. The van der Waals surface area contributed by atoms with Gasteiger partial charge in [-0.05, 0) is 17.7 Å². The molecule has 0 aliphatic carbocycles. The third-order valence-corrected chi connectivity index (χ3v) is 3.57. The SMILES string of the molecule is COc1cccc(-c2cnc(CCC(=O)O)s2)c1. The maximum Gasteiger partial charge on any atom is 0.303 e. The number of aromatic nitrogens is 1. The van der Waals surface area contributed by atoms with Crippen molar-refractivity contribution in [3.63, 3.8) is 0 Å². The van der Waals surface area contributed by atoms with E-state index in [1.807, 2.05) is 24.3 Å². The lowest BCUT2D eigenvalue weighted by Gasteiger charge is -2.01. The lowest BCUT2D eigenvalue weighted by Crippen LogP contribution is -1.96. The average molecular weight is 263 g/mol. The molecular weight excluding hydrogens is 250 g/mol. The number of thiazole rings is 1. The minimum Gasteiger partial charge on any atom is -0.497 e. The highest BCUT2D eigenvalue weighted by Crippen LogP contribution is 2.29. The second-order valence-electron chi connectivity index (χ2n) is 3.74. The van der Waals surface area contributed by atoms with Gasteiger partial charge in [0.05, 0.1) is 23.4 Å². The lowest BCUT2D eigenvalue weighted by atomic mass is 10.2. The van der Waals surface area contributed by atoms with Gasteiger partial charge in [0, 0.05) is 12.6 Å². The standard InChI is InChI=1S/C13H13NO3S/c1-17-10-4-2-3-9(7-10)11-8-14-12(18-11)5-6-13(15)16/h2-4,7-8H,5-6H2,1H3,(H,15,16). The highest BCUT2D eigenvalue weighted by molar-refractivity contribution is 7.15. The summed E-state index contributed by atoms with van der Waals surface area (Å²) in [5.74, 6) is 0.00103. The van der Waals surface area contributed by atoms with Gasteiger partial charge in [-0.3, -0.25) is 4.79 Å². The molecule has 0 aliphatic rings. The molecule has 0 radical (unpaired) electrons. The van der Waals surface area contributed by atoms with Crippen molar-refractivity contribution in [3.8, 4) is 16.2 Å². The first-order valence-electron chi connectivity index (χ1n) is 5.50. The van der Waals surface area contributed by atoms with E-state index in [0.717, 1.165) is 21.2 Å². The molecule has 0 aliphatic heterocycles. The minimum atomic E-state index is -0.798. The van der Waals surface area contributed by atoms with Gasteiger partial charge >= 0.3 is 5.97 Å². The summed E-state index contributed by atoms with van der Waals surface area (Å²) in [4.78, 5) is 15.8. The second-order valence-corrected chi connectivity index (χ2v) is 4.86. The summed E-state index contributed by atoms with van der Waals surface area (Å²) in [6.45, 7) is 0. The van der Waals surface area contributed by atoms with Crippen molar-refractivity contribution in [1.82, 2.24) is 4.98 Å². The molecule has 0 spiro atoms. The zero-order chi connectivity index (χ0) is 13.0. The molecule has 94 valence electrons. The van der Waals surface area contributed by atoms with E-state index in [1.165, 1.54) is 11.3 Å². The Morgan fingerprint density at radius 1 is 1.50 bits per heavy atom. The number of aryl methyl sites for hydroxylation is 1. The van der Waals surface area contributed by atoms with Crippen molar-refractivity contribution >= 4 is 17.3 Å². The summed E-state index contributed by atoms with van der Waals surface area (Å²) >= 11 is 1.52. The molecule has 0 bridgehead atoms. The van der Waals surface area contributed by atoms with E-state index in [9.17, 15) is 4.79 Å². The van der Waals surface area contributed by atoms with Crippen molar-refractivity contribution in [2.75, 3.05) is 7.11 Å². The second kappa shape index (κ2) is 5.64. The maximum absolute atomic E-state index is 10.5. The van der Waals surface area contributed by atoms with Crippen LogP contribution in [0.5, 0.6) is 5.75 Å². The number of nitrogens with zero attached hydrogens (tertiary/aromatic N) is 1. The number of aliphatic carboxylic acids is 1.